The molecule has 0 aliphatic rings. The van der Waals surface area contributed by atoms with E-state index in [4.69, 9.17) is 34.8 Å². The van der Waals surface area contributed by atoms with E-state index in [2.05, 4.69) is 9.47 Å². The Bertz CT molecular complexity index is 90.6. The van der Waals surface area contributed by atoms with Crippen LogP contribution in [0.5, 0.6) is 0 Å². The predicted molar refractivity (Wildman–Crippen MR) is 38.1 cm³/mol. The maximum Gasteiger partial charge on any atom is 0.258 e. The van der Waals surface area contributed by atoms with Gasteiger partial charge in [-0.25, -0.2) is 0 Å². The van der Waals surface area contributed by atoms with Crippen molar-refractivity contribution in [3.63, 3.8) is 0 Å². The zero-order valence-electron chi connectivity index (χ0n) is 5.47. The third-order valence-corrected chi connectivity index (χ3v) is 2.16. The number of methoxy groups -OCH3 is 2. The molecule has 0 heterocycles. The van der Waals surface area contributed by atoms with E-state index in [0.29, 0.717) is 0 Å². The van der Waals surface area contributed by atoms with Gasteiger partial charge in [-0.3, -0.25) is 0 Å². The molecule has 1 radical (unpaired) electrons. The Morgan fingerprint density at radius 2 is 1.70 bits per heavy atom. The first kappa shape index (κ1) is 14.1. The molecule has 0 spiro atoms. The zero-order valence-corrected chi connectivity index (χ0v) is 11.0. The van der Waals surface area contributed by atoms with Crippen molar-refractivity contribution in [3.8, 4) is 0 Å². The Kier molecular flexibility index (Phi) is 8.58. The fourth-order valence-electron chi connectivity index (χ4n) is 0.230. The summed E-state index contributed by atoms with van der Waals surface area (Å²) in [5.41, 5.74) is -0.856. The topological polar surface area (TPSA) is 18.5 Å². The van der Waals surface area contributed by atoms with Gasteiger partial charge in [-0.1, -0.05) is 34.8 Å². The summed E-state index contributed by atoms with van der Waals surface area (Å²) in [4.78, 5) is 0. The molecular formula is C4H7Cl3O2Ta. The minimum Gasteiger partial charge on any atom is -0.360 e. The Labute approximate surface area is 90.6 Å². The summed E-state index contributed by atoms with van der Waals surface area (Å²) in [6, 6.07) is 0. The molecule has 0 aliphatic heterocycles. The predicted octanol–water partition coefficient (Wildman–Crippen LogP) is 1.97. The number of halogens is 3. The first-order valence-corrected chi connectivity index (χ1v) is 3.33. The van der Waals surface area contributed by atoms with Crippen molar-refractivity contribution in [1.82, 2.24) is 0 Å². The van der Waals surface area contributed by atoms with Crippen molar-refractivity contribution in [2.24, 2.45) is 0 Å². The molecule has 0 saturated heterocycles. The van der Waals surface area contributed by atoms with E-state index in [-0.39, 0.29) is 22.4 Å². The van der Waals surface area contributed by atoms with E-state index < -0.39 is 10.1 Å². The van der Waals surface area contributed by atoms with Crippen LogP contribution in [-0.2, 0) is 31.9 Å². The number of alkyl halides is 3. The first-order valence-electron chi connectivity index (χ1n) is 2.14. The van der Waals surface area contributed by atoms with Gasteiger partial charge in [0, 0.05) is 36.6 Å². The summed E-state index contributed by atoms with van der Waals surface area (Å²) in [5, 5.41) is 0. The Balaban J connectivity index is 0. The van der Waals surface area contributed by atoms with Gasteiger partial charge in [0.15, 0.2) is 5.56 Å². The van der Waals surface area contributed by atoms with Gasteiger partial charge in [-0.15, -0.1) is 0 Å². The summed E-state index contributed by atoms with van der Waals surface area (Å²) in [6.07, 6.45) is 0. The first-order chi connectivity index (χ1) is 4.04. The molecule has 61 valence electrons. The van der Waals surface area contributed by atoms with Crippen molar-refractivity contribution in [2.45, 2.75) is 10.1 Å². The quantitative estimate of drug-likeness (QED) is 0.704. The molecule has 2 nitrogen and oxygen atoms in total. The van der Waals surface area contributed by atoms with Crippen molar-refractivity contribution < 1.29 is 31.9 Å². The van der Waals surface area contributed by atoms with Gasteiger partial charge >= 0.3 is 0 Å². The second-order valence-electron chi connectivity index (χ2n) is 1.32. The third kappa shape index (κ3) is 4.42. The second-order valence-corrected chi connectivity index (χ2v) is 3.03. The molecule has 0 fully saturated rings. The summed E-state index contributed by atoms with van der Waals surface area (Å²) >= 11 is 16.4. The van der Waals surface area contributed by atoms with Gasteiger partial charge < -0.3 is 9.47 Å². The van der Waals surface area contributed by atoms with Gasteiger partial charge in [-0.05, 0) is 0 Å². The Hall–Kier alpha value is 1.53. The molecule has 0 aromatic rings. The fourth-order valence-corrected chi connectivity index (χ4v) is 0.497. The maximum atomic E-state index is 5.46. The molecule has 0 aromatic heterocycles. The summed E-state index contributed by atoms with van der Waals surface area (Å²) < 4.78 is 7.68. The summed E-state index contributed by atoms with van der Waals surface area (Å²) in [6.45, 7) is 0. The van der Waals surface area contributed by atoms with E-state index >= 15 is 0 Å². The molecule has 6 heteroatoms. The van der Waals surface area contributed by atoms with Crippen LogP contribution in [-0.4, -0.2) is 24.3 Å². The molecule has 10 heavy (non-hydrogen) atoms. The standard InChI is InChI=1S/C4H7Cl3O2.Ta/c1-8-3(5)4(6,7)9-2;/h3H,1-2H3;. The minimum atomic E-state index is -1.46. The third-order valence-electron chi connectivity index (χ3n) is 0.743. The summed E-state index contributed by atoms with van der Waals surface area (Å²) in [7, 11) is 2.73. The van der Waals surface area contributed by atoms with Crippen LogP contribution in [0.4, 0.5) is 0 Å². The van der Waals surface area contributed by atoms with Crippen LogP contribution in [0.15, 0.2) is 0 Å². The Morgan fingerprint density at radius 1 is 1.30 bits per heavy atom. The van der Waals surface area contributed by atoms with Crippen LogP contribution in [0.25, 0.3) is 0 Å². The zero-order chi connectivity index (χ0) is 7.49. The van der Waals surface area contributed by atoms with Crippen LogP contribution in [0.3, 0.4) is 0 Å². The summed E-state index contributed by atoms with van der Waals surface area (Å²) in [5.74, 6) is 0. The molecular weight excluding hydrogens is 367 g/mol. The van der Waals surface area contributed by atoms with Crippen LogP contribution in [0.2, 0.25) is 0 Å². The molecule has 0 amide bonds. The van der Waals surface area contributed by atoms with E-state index in [0.717, 1.165) is 0 Å². The monoisotopic (exact) mass is 373 g/mol. The van der Waals surface area contributed by atoms with Gasteiger partial charge in [0.05, 0.1) is 0 Å². The molecule has 0 aliphatic carbocycles. The van der Waals surface area contributed by atoms with Gasteiger partial charge in [0.2, 0.25) is 0 Å². The minimum absolute atomic E-state index is 0. The fraction of sp³-hybridized carbons (Fsp3) is 1.00. The molecule has 1 unspecified atom stereocenters. The smallest absolute Gasteiger partial charge is 0.258 e. The van der Waals surface area contributed by atoms with E-state index in [1.807, 2.05) is 0 Å². The average molecular weight is 374 g/mol. The molecule has 1 atom stereocenters. The number of hydrogen-bond donors (Lipinski definition) is 0. The van der Waals surface area contributed by atoms with Gasteiger partial charge in [0.25, 0.3) is 4.52 Å². The van der Waals surface area contributed by atoms with Crippen LogP contribution >= 0.6 is 34.8 Å². The average Bonchev–Trinajstić information content (AvgIpc) is 1.86. The van der Waals surface area contributed by atoms with Gasteiger partial charge in [-0.2, -0.15) is 0 Å². The van der Waals surface area contributed by atoms with Crippen LogP contribution in [0.1, 0.15) is 0 Å². The van der Waals surface area contributed by atoms with Crippen molar-refractivity contribution in [2.75, 3.05) is 14.2 Å². The number of hydrogen-bond acceptors (Lipinski definition) is 2. The van der Waals surface area contributed by atoms with Crippen molar-refractivity contribution in [1.29, 1.82) is 0 Å². The van der Waals surface area contributed by atoms with E-state index in [1.165, 1.54) is 14.2 Å². The molecule has 0 bridgehead atoms. The SMILES string of the molecule is COC(Cl)C(Cl)(Cl)OC.[Ta]. The van der Waals surface area contributed by atoms with Gasteiger partial charge in [0.1, 0.15) is 0 Å². The van der Waals surface area contributed by atoms with Crippen molar-refractivity contribution >= 4 is 34.8 Å². The Morgan fingerprint density at radius 3 is 1.80 bits per heavy atom. The van der Waals surface area contributed by atoms with E-state index in [1.54, 1.807) is 0 Å². The largest absolute Gasteiger partial charge is 0.360 e. The van der Waals surface area contributed by atoms with E-state index in [9.17, 15) is 0 Å². The molecule has 0 rings (SSSR count). The second kappa shape index (κ2) is 6.09. The van der Waals surface area contributed by atoms with Crippen LogP contribution in [0, 0.1) is 0 Å². The molecule has 0 aromatic carbocycles. The number of rotatable bonds is 3. The molecule has 0 saturated carbocycles. The number of ether oxygens (including phenoxy) is 2. The normalized spacial score (nSPS) is 14.1. The maximum absolute atomic E-state index is 5.46. The van der Waals surface area contributed by atoms with Crippen molar-refractivity contribution in [3.05, 3.63) is 0 Å². The van der Waals surface area contributed by atoms with Crippen LogP contribution < -0.4 is 0 Å². The molecule has 0 N–H and O–H groups in total.